The molecule has 3 aromatic heterocycles. The fraction of sp³-hybridized carbons (Fsp3) is 0.167. The van der Waals surface area contributed by atoms with Crippen molar-refractivity contribution in [1.82, 2.24) is 14.5 Å². The van der Waals surface area contributed by atoms with Crippen LogP contribution in [0.5, 0.6) is 0 Å². The van der Waals surface area contributed by atoms with Crippen LogP contribution in [0.2, 0.25) is 0 Å². The Hall–Kier alpha value is -1.40. The SMILES string of the molecule is CC(c1cccs1)n1c(N)nc2cc(Br)cnc21. The predicted molar refractivity (Wildman–Crippen MR) is 77.8 cm³/mol. The van der Waals surface area contributed by atoms with Gasteiger partial charge >= 0.3 is 0 Å². The standard InChI is InChI=1S/C12H11BrN4S/c1-7(10-3-2-4-18-10)17-11-9(16-12(17)14)5-8(13)6-15-11/h2-7H,1H3,(H2,14,16). The highest BCUT2D eigenvalue weighted by atomic mass is 79.9. The molecule has 0 aliphatic carbocycles. The van der Waals surface area contributed by atoms with Crippen LogP contribution in [0.4, 0.5) is 5.95 Å². The summed E-state index contributed by atoms with van der Waals surface area (Å²) in [7, 11) is 0. The summed E-state index contributed by atoms with van der Waals surface area (Å²) in [5, 5.41) is 2.06. The van der Waals surface area contributed by atoms with E-state index in [1.807, 2.05) is 16.7 Å². The van der Waals surface area contributed by atoms with E-state index in [-0.39, 0.29) is 6.04 Å². The molecule has 0 aliphatic rings. The fourth-order valence-electron chi connectivity index (χ4n) is 2.01. The lowest BCUT2D eigenvalue weighted by Gasteiger charge is -2.13. The summed E-state index contributed by atoms with van der Waals surface area (Å²) in [6.07, 6.45) is 1.76. The van der Waals surface area contributed by atoms with E-state index in [0.29, 0.717) is 5.95 Å². The highest BCUT2D eigenvalue weighted by molar-refractivity contribution is 9.10. The normalized spacial score (nSPS) is 13.0. The summed E-state index contributed by atoms with van der Waals surface area (Å²) in [6.45, 7) is 2.10. The number of fused-ring (bicyclic) bond motifs is 1. The van der Waals surface area contributed by atoms with Gasteiger partial charge in [-0.05, 0) is 40.4 Å². The van der Waals surface area contributed by atoms with Gasteiger partial charge in [0.05, 0.1) is 6.04 Å². The molecule has 3 rings (SSSR count). The Morgan fingerprint density at radius 2 is 2.33 bits per heavy atom. The number of anilines is 1. The molecule has 0 bridgehead atoms. The molecule has 18 heavy (non-hydrogen) atoms. The first-order chi connectivity index (χ1) is 8.66. The minimum absolute atomic E-state index is 0.142. The molecule has 1 atom stereocenters. The zero-order valence-electron chi connectivity index (χ0n) is 9.67. The number of aromatic nitrogens is 3. The van der Waals surface area contributed by atoms with Crippen LogP contribution >= 0.6 is 27.3 Å². The number of nitrogen functional groups attached to an aromatic ring is 1. The molecule has 1 unspecified atom stereocenters. The topological polar surface area (TPSA) is 56.7 Å². The zero-order chi connectivity index (χ0) is 12.7. The van der Waals surface area contributed by atoms with Crippen molar-refractivity contribution < 1.29 is 0 Å². The second-order valence-electron chi connectivity index (χ2n) is 4.03. The number of nitrogens with two attached hydrogens (primary N) is 1. The molecule has 0 saturated heterocycles. The first-order valence-corrected chi connectivity index (χ1v) is 7.16. The number of thiophene rings is 1. The molecule has 3 heterocycles. The van der Waals surface area contributed by atoms with E-state index in [1.165, 1.54) is 4.88 Å². The molecule has 0 fully saturated rings. The van der Waals surface area contributed by atoms with Gasteiger partial charge in [0.25, 0.3) is 0 Å². The number of hydrogen-bond donors (Lipinski definition) is 1. The van der Waals surface area contributed by atoms with Crippen LogP contribution in [-0.4, -0.2) is 14.5 Å². The molecular formula is C12H11BrN4S. The maximum Gasteiger partial charge on any atom is 0.203 e. The minimum atomic E-state index is 0.142. The van der Waals surface area contributed by atoms with Gasteiger partial charge in [-0.15, -0.1) is 11.3 Å². The summed E-state index contributed by atoms with van der Waals surface area (Å²) in [5.74, 6) is 0.497. The summed E-state index contributed by atoms with van der Waals surface area (Å²) >= 11 is 5.10. The quantitative estimate of drug-likeness (QED) is 0.786. The summed E-state index contributed by atoms with van der Waals surface area (Å²) in [5.41, 5.74) is 7.64. The second kappa shape index (κ2) is 4.37. The lowest BCUT2D eigenvalue weighted by Crippen LogP contribution is -2.09. The van der Waals surface area contributed by atoms with Gasteiger partial charge < -0.3 is 5.73 Å². The van der Waals surface area contributed by atoms with Gasteiger partial charge in [-0.25, -0.2) is 9.97 Å². The van der Waals surface area contributed by atoms with Gasteiger partial charge in [0.2, 0.25) is 5.95 Å². The van der Waals surface area contributed by atoms with E-state index in [2.05, 4.69) is 44.3 Å². The van der Waals surface area contributed by atoms with Crippen molar-refractivity contribution in [3.8, 4) is 0 Å². The third kappa shape index (κ3) is 1.81. The Balaban J connectivity index is 2.19. The van der Waals surface area contributed by atoms with Crippen LogP contribution in [-0.2, 0) is 0 Å². The van der Waals surface area contributed by atoms with Crippen LogP contribution < -0.4 is 5.73 Å². The van der Waals surface area contributed by atoms with Gasteiger partial charge in [0.15, 0.2) is 5.65 Å². The van der Waals surface area contributed by atoms with Crippen molar-refractivity contribution in [1.29, 1.82) is 0 Å². The minimum Gasteiger partial charge on any atom is -0.369 e. The third-order valence-corrected chi connectivity index (χ3v) is 4.34. The van der Waals surface area contributed by atoms with Gasteiger partial charge in [-0.2, -0.15) is 0 Å². The predicted octanol–water partition coefficient (Wildman–Crippen LogP) is 3.45. The molecule has 0 aromatic carbocycles. The number of imidazole rings is 1. The van der Waals surface area contributed by atoms with Crippen LogP contribution in [0, 0.1) is 0 Å². The van der Waals surface area contributed by atoms with Crippen LogP contribution in [0.15, 0.2) is 34.2 Å². The Labute approximate surface area is 117 Å². The van der Waals surface area contributed by atoms with Crippen LogP contribution in [0.25, 0.3) is 11.2 Å². The van der Waals surface area contributed by atoms with Crippen molar-refractivity contribution in [2.45, 2.75) is 13.0 Å². The average molecular weight is 323 g/mol. The summed E-state index contributed by atoms with van der Waals surface area (Å²) in [4.78, 5) is 10.0. The summed E-state index contributed by atoms with van der Waals surface area (Å²) in [6, 6.07) is 6.20. The molecule has 6 heteroatoms. The highest BCUT2D eigenvalue weighted by Crippen LogP contribution is 2.29. The van der Waals surface area contributed by atoms with Crippen molar-refractivity contribution >= 4 is 44.4 Å². The van der Waals surface area contributed by atoms with E-state index in [0.717, 1.165) is 15.6 Å². The van der Waals surface area contributed by atoms with E-state index >= 15 is 0 Å². The largest absolute Gasteiger partial charge is 0.369 e. The average Bonchev–Trinajstić information content (AvgIpc) is 2.94. The van der Waals surface area contributed by atoms with E-state index in [9.17, 15) is 0 Å². The molecule has 4 nitrogen and oxygen atoms in total. The second-order valence-corrected chi connectivity index (χ2v) is 5.92. The van der Waals surface area contributed by atoms with Crippen molar-refractivity contribution in [2.24, 2.45) is 0 Å². The van der Waals surface area contributed by atoms with Gasteiger partial charge in [0, 0.05) is 15.5 Å². The molecule has 0 radical (unpaired) electrons. The van der Waals surface area contributed by atoms with Crippen LogP contribution in [0.1, 0.15) is 17.8 Å². The smallest absolute Gasteiger partial charge is 0.203 e. The Morgan fingerprint density at radius 3 is 3.06 bits per heavy atom. The molecule has 0 saturated carbocycles. The maximum atomic E-state index is 6.01. The molecule has 3 aromatic rings. The molecule has 0 spiro atoms. The Morgan fingerprint density at radius 1 is 1.50 bits per heavy atom. The van der Waals surface area contributed by atoms with E-state index in [1.54, 1.807) is 17.5 Å². The van der Waals surface area contributed by atoms with Crippen LogP contribution in [0.3, 0.4) is 0 Å². The summed E-state index contributed by atoms with van der Waals surface area (Å²) < 4.78 is 2.87. The Kier molecular flexibility index (Phi) is 2.83. The zero-order valence-corrected chi connectivity index (χ0v) is 12.1. The fourth-order valence-corrected chi connectivity index (χ4v) is 3.11. The molecule has 0 amide bonds. The maximum absolute atomic E-state index is 6.01. The van der Waals surface area contributed by atoms with E-state index in [4.69, 9.17) is 5.73 Å². The Bertz CT molecular complexity index is 689. The van der Waals surface area contributed by atoms with Crippen molar-refractivity contribution in [3.05, 3.63) is 39.1 Å². The first-order valence-electron chi connectivity index (χ1n) is 5.49. The highest BCUT2D eigenvalue weighted by Gasteiger charge is 2.17. The lowest BCUT2D eigenvalue weighted by molar-refractivity contribution is 0.674. The number of hydrogen-bond acceptors (Lipinski definition) is 4. The molecular weight excluding hydrogens is 312 g/mol. The molecule has 0 aliphatic heterocycles. The van der Waals surface area contributed by atoms with Gasteiger partial charge in [0.1, 0.15) is 5.52 Å². The lowest BCUT2D eigenvalue weighted by atomic mass is 10.2. The molecule has 2 N–H and O–H groups in total. The van der Waals surface area contributed by atoms with Gasteiger partial charge in [-0.3, -0.25) is 4.57 Å². The number of halogens is 1. The van der Waals surface area contributed by atoms with Crippen molar-refractivity contribution in [2.75, 3.05) is 5.73 Å². The number of nitrogens with zero attached hydrogens (tertiary/aromatic N) is 3. The number of pyridine rings is 1. The van der Waals surface area contributed by atoms with Gasteiger partial charge in [-0.1, -0.05) is 6.07 Å². The third-order valence-electron chi connectivity index (χ3n) is 2.87. The first kappa shape index (κ1) is 11.7. The number of rotatable bonds is 2. The monoisotopic (exact) mass is 322 g/mol. The molecule has 92 valence electrons. The van der Waals surface area contributed by atoms with Crippen molar-refractivity contribution in [3.63, 3.8) is 0 Å². The van der Waals surface area contributed by atoms with E-state index < -0.39 is 0 Å².